The summed E-state index contributed by atoms with van der Waals surface area (Å²) in [5, 5.41) is 0.301. The number of nitrogens with zero attached hydrogens (tertiary/aromatic N) is 2. The molecule has 0 saturated carbocycles. The zero-order chi connectivity index (χ0) is 14.7. The number of pyridine rings is 1. The molecule has 0 saturated heterocycles. The number of aryl methyl sites for hydroxylation is 1. The number of benzene rings is 1. The normalized spacial score (nSPS) is 10.3. The van der Waals surface area contributed by atoms with Crippen molar-refractivity contribution in [3.63, 3.8) is 0 Å². The molecule has 1 amide bonds. The van der Waals surface area contributed by atoms with E-state index in [1.807, 2.05) is 38.1 Å². The molecule has 104 valence electrons. The van der Waals surface area contributed by atoms with E-state index in [2.05, 4.69) is 4.98 Å². The lowest BCUT2D eigenvalue weighted by Crippen LogP contribution is -2.31. The van der Waals surface area contributed by atoms with Crippen LogP contribution < -0.4 is 10.6 Å². The van der Waals surface area contributed by atoms with Crippen LogP contribution in [-0.2, 0) is 0 Å². The van der Waals surface area contributed by atoms with Gasteiger partial charge in [0.1, 0.15) is 5.82 Å². The topological polar surface area (TPSA) is 59.2 Å². The molecule has 0 aliphatic carbocycles. The van der Waals surface area contributed by atoms with Crippen LogP contribution in [0, 0.1) is 6.92 Å². The number of anilines is 2. The highest BCUT2D eigenvalue weighted by molar-refractivity contribution is 6.34. The maximum atomic E-state index is 12.6. The van der Waals surface area contributed by atoms with Gasteiger partial charge in [-0.15, -0.1) is 0 Å². The molecule has 1 aromatic heterocycles. The van der Waals surface area contributed by atoms with Gasteiger partial charge < -0.3 is 10.6 Å². The van der Waals surface area contributed by atoms with E-state index in [9.17, 15) is 4.79 Å². The van der Waals surface area contributed by atoms with E-state index in [0.717, 1.165) is 11.3 Å². The molecule has 0 unspecified atom stereocenters. The zero-order valence-corrected chi connectivity index (χ0v) is 12.2. The van der Waals surface area contributed by atoms with Crippen LogP contribution in [0.15, 0.2) is 36.5 Å². The van der Waals surface area contributed by atoms with Crippen molar-refractivity contribution in [2.24, 2.45) is 0 Å². The third-order valence-corrected chi connectivity index (χ3v) is 3.28. The van der Waals surface area contributed by atoms with Gasteiger partial charge in [-0.3, -0.25) is 4.79 Å². The Morgan fingerprint density at radius 3 is 2.80 bits per heavy atom. The van der Waals surface area contributed by atoms with E-state index in [-0.39, 0.29) is 11.7 Å². The molecule has 0 bridgehead atoms. The molecule has 2 aromatic rings. The van der Waals surface area contributed by atoms with Crippen LogP contribution in [0.3, 0.4) is 0 Å². The van der Waals surface area contributed by atoms with Crippen molar-refractivity contribution in [2.45, 2.75) is 13.8 Å². The van der Waals surface area contributed by atoms with Crippen molar-refractivity contribution >= 4 is 29.0 Å². The molecule has 0 aliphatic heterocycles. The van der Waals surface area contributed by atoms with Crippen molar-refractivity contribution in [1.29, 1.82) is 0 Å². The van der Waals surface area contributed by atoms with Crippen LogP contribution in [0.25, 0.3) is 0 Å². The summed E-state index contributed by atoms with van der Waals surface area (Å²) in [7, 11) is 0. The molecule has 1 aromatic carbocycles. The van der Waals surface area contributed by atoms with Crippen LogP contribution >= 0.6 is 11.6 Å². The van der Waals surface area contributed by atoms with Crippen molar-refractivity contribution in [3.05, 3.63) is 52.7 Å². The van der Waals surface area contributed by atoms with Crippen LogP contribution in [0.4, 0.5) is 11.5 Å². The quantitative estimate of drug-likeness (QED) is 0.943. The Morgan fingerprint density at radius 1 is 1.40 bits per heavy atom. The summed E-state index contributed by atoms with van der Waals surface area (Å²) < 4.78 is 0. The highest BCUT2D eigenvalue weighted by atomic mass is 35.5. The first-order chi connectivity index (χ1) is 9.52. The summed E-state index contributed by atoms with van der Waals surface area (Å²) in [5.74, 6) is 0.0928. The Balaban J connectivity index is 2.41. The summed E-state index contributed by atoms with van der Waals surface area (Å²) in [6, 6.07) is 9.26. The lowest BCUT2D eigenvalue weighted by Gasteiger charge is -2.22. The first-order valence-electron chi connectivity index (χ1n) is 6.32. The summed E-state index contributed by atoms with van der Waals surface area (Å²) in [5.41, 5.74) is 7.92. The Bertz CT molecular complexity index is 643. The summed E-state index contributed by atoms with van der Waals surface area (Å²) in [4.78, 5) is 18.1. The number of rotatable bonds is 3. The Kier molecular flexibility index (Phi) is 4.25. The highest BCUT2D eigenvalue weighted by Crippen LogP contribution is 2.23. The first kappa shape index (κ1) is 14.3. The Labute approximate surface area is 123 Å². The van der Waals surface area contributed by atoms with Crippen LogP contribution in [0.5, 0.6) is 0 Å². The van der Waals surface area contributed by atoms with Crippen LogP contribution in [0.1, 0.15) is 22.8 Å². The van der Waals surface area contributed by atoms with Crippen molar-refractivity contribution in [3.8, 4) is 0 Å². The SMILES string of the molecule is CCN(C(=O)c1cc(N)ncc1Cl)c1cccc(C)c1. The predicted molar refractivity (Wildman–Crippen MR) is 82.2 cm³/mol. The van der Waals surface area contributed by atoms with Crippen molar-refractivity contribution < 1.29 is 4.79 Å². The van der Waals surface area contributed by atoms with Gasteiger partial charge in [-0.2, -0.15) is 0 Å². The van der Waals surface area contributed by atoms with Gasteiger partial charge in [0.05, 0.1) is 10.6 Å². The van der Waals surface area contributed by atoms with Gasteiger partial charge in [-0.05, 0) is 37.6 Å². The molecular weight excluding hydrogens is 274 g/mol. The maximum absolute atomic E-state index is 12.6. The molecule has 20 heavy (non-hydrogen) atoms. The molecule has 1 heterocycles. The molecule has 0 fully saturated rings. The number of nitrogens with two attached hydrogens (primary N) is 1. The van der Waals surface area contributed by atoms with Gasteiger partial charge in [-0.25, -0.2) is 4.98 Å². The number of nitrogen functional groups attached to an aromatic ring is 1. The lowest BCUT2D eigenvalue weighted by molar-refractivity contribution is 0.0988. The second kappa shape index (κ2) is 5.92. The number of carbonyl (C=O) groups is 1. The average Bonchev–Trinajstić information content (AvgIpc) is 2.42. The van der Waals surface area contributed by atoms with Crippen LogP contribution in [-0.4, -0.2) is 17.4 Å². The molecule has 0 aliphatic rings. The van der Waals surface area contributed by atoms with E-state index in [4.69, 9.17) is 17.3 Å². The fraction of sp³-hybridized carbons (Fsp3) is 0.200. The predicted octanol–water partition coefficient (Wildman–Crippen LogP) is 3.29. The smallest absolute Gasteiger partial charge is 0.259 e. The monoisotopic (exact) mass is 289 g/mol. The van der Waals surface area contributed by atoms with Gasteiger partial charge in [0.2, 0.25) is 0 Å². The molecular formula is C15H16ClN3O. The van der Waals surface area contributed by atoms with Gasteiger partial charge in [0.15, 0.2) is 0 Å². The second-order valence-electron chi connectivity index (χ2n) is 4.48. The Hall–Kier alpha value is -2.07. The number of amides is 1. The van der Waals surface area contributed by atoms with Gasteiger partial charge in [0.25, 0.3) is 5.91 Å². The molecule has 0 spiro atoms. The largest absolute Gasteiger partial charge is 0.384 e. The Morgan fingerprint density at radius 2 is 2.15 bits per heavy atom. The third kappa shape index (κ3) is 2.91. The molecule has 5 heteroatoms. The van der Waals surface area contributed by atoms with E-state index in [0.29, 0.717) is 17.1 Å². The number of hydrogen-bond donors (Lipinski definition) is 1. The fourth-order valence-electron chi connectivity index (χ4n) is 2.00. The van der Waals surface area contributed by atoms with E-state index >= 15 is 0 Å². The van der Waals surface area contributed by atoms with Crippen molar-refractivity contribution in [2.75, 3.05) is 17.2 Å². The van der Waals surface area contributed by atoms with Gasteiger partial charge in [-0.1, -0.05) is 23.7 Å². The minimum absolute atomic E-state index is 0.183. The fourth-order valence-corrected chi connectivity index (χ4v) is 2.19. The highest BCUT2D eigenvalue weighted by Gasteiger charge is 2.19. The summed E-state index contributed by atoms with van der Waals surface area (Å²) in [6.07, 6.45) is 1.40. The van der Waals surface area contributed by atoms with Gasteiger partial charge >= 0.3 is 0 Å². The molecule has 2 rings (SSSR count). The molecule has 0 atom stereocenters. The number of halogens is 1. The molecule has 4 nitrogen and oxygen atoms in total. The first-order valence-corrected chi connectivity index (χ1v) is 6.70. The summed E-state index contributed by atoms with van der Waals surface area (Å²) >= 11 is 6.05. The summed E-state index contributed by atoms with van der Waals surface area (Å²) in [6.45, 7) is 4.44. The number of carbonyl (C=O) groups excluding carboxylic acids is 1. The number of aromatic nitrogens is 1. The maximum Gasteiger partial charge on any atom is 0.259 e. The standard InChI is InChI=1S/C15H16ClN3O/c1-3-19(11-6-4-5-10(2)7-11)15(20)12-8-14(17)18-9-13(12)16/h4-9H,3H2,1-2H3,(H2,17,18). The minimum atomic E-state index is -0.183. The lowest BCUT2D eigenvalue weighted by atomic mass is 10.1. The molecule has 2 N–H and O–H groups in total. The van der Waals surface area contributed by atoms with E-state index < -0.39 is 0 Å². The van der Waals surface area contributed by atoms with Crippen LogP contribution in [0.2, 0.25) is 5.02 Å². The van der Waals surface area contributed by atoms with Gasteiger partial charge in [0, 0.05) is 18.4 Å². The minimum Gasteiger partial charge on any atom is -0.384 e. The molecule has 0 radical (unpaired) electrons. The zero-order valence-electron chi connectivity index (χ0n) is 11.4. The van der Waals surface area contributed by atoms with Crippen molar-refractivity contribution in [1.82, 2.24) is 4.98 Å². The number of hydrogen-bond acceptors (Lipinski definition) is 3. The average molecular weight is 290 g/mol. The third-order valence-electron chi connectivity index (χ3n) is 2.98. The second-order valence-corrected chi connectivity index (χ2v) is 4.88. The van der Waals surface area contributed by atoms with E-state index in [1.54, 1.807) is 4.90 Å². The van der Waals surface area contributed by atoms with E-state index in [1.165, 1.54) is 12.3 Å².